The Bertz CT molecular complexity index is 970. The first-order chi connectivity index (χ1) is 32.0. The van der Waals surface area contributed by atoms with Crippen LogP contribution < -0.4 is 5.32 Å². The van der Waals surface area contributed by atoms with Crippen molar-refractivity contribution in [3.8, 4) is 0 Å². The van der Waals surface area contributed by atoms with Crippen molar-refractivity contribution in [3.63, 3.8) is 0 Å². The molecule has 0 aliphatic heterocycles. The molecule has 1 amide bonds. The molecule has 0 rings (SSSR count). The SMILES string of the molecule is CCCCCCCCCCCCCCCCCCCC(=O)OCCCCCCCCCCC/C=C\CCCCCCCC(=O)NC(CO)C(O)CCCCCCCCCCCCCCC. The maximum Gasteiger partial charge on any atom is 0.305 e. The van der Waals surface area contributed by atoms with Gasteiger partial charge in [0.25, 0.3) is 0 Å². The van der Waals surface area contributed by atoms with Gasteiger partial charge in [0.05, 0.1) is 25.4 Å². The first-order valence-electron chi connectivity index (χ1n) is 29.4. The first-order valence-corrected chi connectivity index (χ1v) is 29.4. The van der Waals surface area contributed by atoms with Crippen LogP contribution in [0.5, 0.6) is 0 Å². The van der Waals surface area contributed by atoms with Gasteiger partial charge < -0.3 is 20.3 Å². The fourth-order valence-electron chi connectivity index (χ4n) is 9.28. The van der Waals surface area contributed by atoms with Crippen LogP contribution in [0.4, 0.5) is 0 Å². The Morgan fingerprint density at radius 3 is 1.09 bits per heavy atom. The van der Waals surface area contributed by atoms with E-state index in [0.717, 1.165) is 51.4 Å². The summed E-state index contributed by atoms with van der Waals surface area (Å²) in [5.41, 5.74) is 0. The molecule has 0 aliphatic rings. The van der Waals surface area contributed by atoms with Crippen molar-refractivity contribution < 1.29 is 24.5 Å². The number of aliphatic hydroxyl groups excluding tert-OH is 2. The molecule has 0 aromatic carbocycles. The molecule has 6 heteroatoms. The molecule has 0 spiro atoms. The van der Waals surface area contributed by atoms with Crippen molar-refractivity contribution in [2.45, 2.75) is 341 Å². The molecule has 0 bridgehead atoms. The van der Waals surface area contributed by atoms with Crippen molar-refractivity contribution in [3.05, 3.63) is 12.2 Å². The van der Waals surface area contributed by atoms with Gasteiger partial charge >= 0.3 is 5.97 Å². The zero-order valence-corrected chi connectivity index (χ0v) is 44.0. The topological polar surface area (TPSA) is 95.9 Å². The Labute approximate surface area is 406 Å². The van der Waals surface area contributed by atoms with Crippen molar-refractivity contribution >= 4 is 11.9 Å². The van der Waals surface area contributed by atoms with Crippen LogP contribution in [0.25, 0.3) is 0 Å². The molecule has 0 saturated heterocycles. The zero-order valence-electron chi connectivity index (χ0n) is 44.0. The lowest BCUT2D eigenvalue weighted by atomic mass is 10.0. The third-order valence-electron chi connectivity index (χ3n) is 13.8. The molecule has 2 atom stereocenters. The number of carbonyl (C=O) groups is 2. The summed E-state index contributed by atoms with van der Waals surface area (Å²) in [6.45, 7) is 4.96. The number of aliphatic hydroxyl groups is 2. The fourth-order valence-corrected chi connectivity index (χ4v) is 9.28. The second-order valence-corrected chi connectivity index (χ2v) is 20.3. The average molecular weight is 919 g/mol. The van der Waals surface area contributed by atoms with E-state index in [9.17, 15) is 19.8 Å². The Kier molecular flexibility index (Phi) is 54.0. The molecule has 0 saturated carbocycles. The van der Waals surface area contributed by atoms with E-state index in [-0.39, 0.29) is 18.5 Å². The van der Waals surface area contributed by atoms with E-state index in [2.05, 4.69) is 31.3 Å². The number of amides is 1. The van der Waals surface area contributed by atoms with E-state index in [1.165, 1.54) is 244 Å². The van der Waals surface area contributed by atoms with Gasteiger partial charge in [-0.3, -0.25) is 9.59 Å². The third kappa shape index (κ3) is 51.8. The van der Waals surface area contributed by atoms with E-state index >= 15 is 0 Å². The quantitative estimate of drug-likeness (QED) is 0.0321. The van der Waals surface area contributed by atoms with Crippen LogP contribution in [0.15, 0.2) is 12.2 Å². The normalized spacial score (nSPS) is 12.6. The Balaban J connectivity index is 3.41. The number of hydrogen-bond donors (Lipinski definition) is 3. The summed E-state index contributed by atoms with van der Waals surface area (Å²) in [7, 11) is 0. The summed E-state index contributed by atoms with van der Waals surface area (Å²) in [5.74, 6) is -0.0406. The van der Waals surface area contributed by atoms with Gasteiger partial charge in [-0.2, -0.15) is 0 Å². The lowest BCUT2D eigenvalue weighted by molar-refractivity contribution is -0.143. The van der Waals surface area contributed by atoms with Gasteiger partial charge in [0.2, 0.25) is 5.91 Å². The van der Waals surface area contributed by atoms with E-state index in [1.54, 1.807) is 0 Å². The lowest BCUT2D eigenvalue weighted by Gasteiger charge is -2.22. The van der Waals surface area contributed by atoms with E-state index in [1.807, 2.05) is 0 Å². The van der Waals surface area contributed by atoms with Crippen LogP contribution >= 0.6 is 0 Å². The standard InChI is InChI=1S/C59H115NO5/c1-3-5-7-9-11-13-15-17-18-21-25-29-33-37-41-45-49-53-59(64)65-54-50-46-42-38-34-30-26-23-20-19-22-24-28-32-36-40-44-48-52-58(63)60-56(55-61)57(62)51-47-43-39-35-31-27-16-14-12-10-8-6-4-2/h22,24,56-57,61-62H,3-21,23,25-55H2,1-2H3,(H,60,63)/b24-22-. The molecule has 386 valence electrons. The molecular weight excluding hydrogens is 803 g/mol. The minimum atomic E-state index is -0.671. The molecule has 0 aromatic heterocycles. The number of ether oxygens (including phenoxy) is 1. The monoisotopic (exact) mass is 918 g/mol. The Hall–Kier alpha value is -1.40. The van der Waals surface area contributed by atoms with Gasteiger partial charge in [0.1, 0.15) is 0 Å². The summed E-state index contributed by atoms with van der Waals surface area (Å²) in [5, 5.41) is 23.2. The number of unbranched alkanes of at least 4 members (excludes halogenated alkanes) is 42. The van der Waals surface area contributed by atoms with Gasteiger partial charge in [0, 0.05) is 12.8 Å². The molecule has 65 heavy (non-hydrogen) atoms. The van der Waals surface area contributed by atoms with Crippen molar-refractivity contribution in [2.24, 2.45) is 0 Å². The van der Waals surface area contributed by atoms with Crippen LogP contribution in [-0.2, 0) is 14.3 Å². The molecule has 2 unspecified atom stereocenters. The van der Waals surface area contributed by atoms with Gasteiger partial charge in [-0.1, -0.05) is 276 Å². The molecule has 0 aliphatic carbocycles. The zero-order chi connectivity index (χ0) is 47.2. The third-order valence-corrected chi connectivity index (χ3v) is 13.8. The molecule has 0 radical (unpaired) electrons. The second-order valence-electron chi connectivity index (χ2n) is 20.3. The van der Waals surface area contributed by atoms with Crippen molar-refractivity contribution in [2.75, 3.05) is 13.2 Å². The van der Waals surface area contributed by atoms with Crippen LogP contribution in [0.2, 0.25) is 0 Å². The first kappa shape index (κ1) is 63.6. The number of hydrogen-bond acceptors (Lipinski definition) is 5. The van der Waals surface area contributed by atoms with Crippen LogP contribution in [0.1, 0.15) is 328 Å². The number of allylic oxidation sites excluding steroid dienone is 2. The van der Waals surface area contributed by atoms with Gasteiger partial charge in [0.15, 0.2) is 0 Å². The van der Waals surface area contributed by atoms with Gasteiger partial charge in [-0.25, -0.2) is 0 Å². The minimum absolute atomic E-state index is 0.00741. The predicted octanol–water partition coefficient (Wildman–Crippen LogP) is 18.1. The van der Waals surface area contributed by atoms with Crippen molar-refractivity contribution in [1.82, 2.24) is 5.32 Å². The predicted molar refractivity (Wildman–Crippen MR) is 283 cm³/mol. The average Bonchev–Trinajstić information content (AvgIpc) is 3.31. The smallest absolute Gasteiger partial charge is 0.305 e. The van der Waals surface area contributed by atoms with Crippen molar-refractivity contribution in [1.29, 1.82) is 0 Å². The lowest BCUT2D eigenvalue weighted by Crippen LogP contribution is -2.45. The van der Waals surface area contributed by atoms with Gasteiger partial charge in [-0.15, -0.1) is 0 Å². The number of nitrogens with one attached hydrogen (secondary N) is 1. The molecule has 3 N–H and O–H groups in total. The van der Waals surface area contributed by atoms with Gasteiger partial charge in [-0.05, 0) is 51.4 Å². The second kappa shape index (κ2) is 55.2. The minimum Gasteiger partial charge on any atom is -0.466 e. The summed E-state index contributed by atoms with van der Waals surface area (Å²) < 4.78 is 5.49. The highest BCUT2D eigenvalue weighted by Gasteiger charge is 2.20. The highest BCUT2D eigenvalue weighted by Crippen LogP contribution is 2.17. The number of carbonyl (C=O) groups excluding carboxylic acids is 2. The van der Waals surface area contributed by atoms with E-state index in [4.69, 9.17) is 4.74 Å². The van der Waals surface area contributed by atoms with Crippen LogP contribution in [0, 0.1) is 0 Å². The highest BCUT2D eigenvalue weighted by molar-refractivity contribution is 5.76. The van der Waals surface area contributed by atoms with Crippen LogP contribution in [-0.4, -0.2) is 47.4 Å². The largest absolute Gasteiger partial charge is 0.466 e. The highest BCUT2D eigenvalue weighted by atomic mass is 16.5. The summed E-state index contributed by atoms with van der Waals surface area (Å²) in [6.07, 6.45) is 64.9. The maximum atomic E-state index is 12.4. The number of esters is 1. The van der Waals surface area contributed by atoms with E-state index < -0.39 is 12.1 Å². The number of rotatable bonds is 55. The molecule has 6 nitrogen and oxygen atoms in total. The fraction of sp³-hybridized carbons (Fsp3) is 0.932. The Morgan fingerprint density at radius 1 is 0.415 bits per heavy atom. The van der Waals surface area contributed by atoms with E-state index in [0.29, 0.717) is 25.9 Å². The summed E-state index contributed by atoms with van der Waals surface area (Å²) in [6, 6.07) is -0.550. The molecule has 0 aromatic rings. The summed E-state index contributed by atoms with van der Waals surface area (Å²) >= 11 is 0. The Morgan fingerprint density at radius 2 is 0.723 bits per heavy atom. The maximum absolute atomic E-state index is 12.4. The molecule has 0 heterocycles. The molecular formula is C59H115NO5. The summed E-state index contributed by atoms with van der Waals surface area (Å²) in [4.78, 5) is 24.5. The molecule has 0 fully saturated rings. The van der Waals surface area contributed by atoms with Crippen LogP contribution in [0.3, 0.4) is 0 Å².